The Bertz CT molecular complexity index is 457. The van der Waals surface area contributed by atoms with E-state index in [0.717, 1.165) is 6.34 Å². The fourth-order valence-corrected chi connectivity index (χ4v) is 1.69. The van der Waals surface area contributed by atoms with Gasteiger partial charge in [0, 0.05) is 0 Å². The first-order valence-electron chi connectivity index (χ1n) is 3.31. The number of nitrogens with zero attached hydrogens (tertiary/aromatic N) is 4. The van der Waals surface area contributed by atoms with Gasteiger partial charge in [-0.15, -0.1) is 0 Å². The van der Waals surface area contributed by atoms with Gasteiger partial charge in [0.25, 0.3) is 10.0 Å². The number of hydrogen-bond donors (Lipinski definition) is 1. The molecule has 0 aliphatic carbocycles. The topological polar surface area (TPSA) is 110 Å². The van der Waals surface area contributed by atoms with Crippen molar-refractivity contribution in [1.82, 2.24) is 0 Å². The highest BCUT2D eigenvalue weighted by Gasteiger charge is 2.32. The highest BCUT2D eigenvalue weighted by molar-refractivity contribution is 8.04. The maximum absolute atomic E-state index is 11.0. The standard InChI is InChI=1S/C5H5N5O2S/c6-13(11,12)5-3-4(8-1-7-3)9-2-10-5/h1-3H,(H2,6,11,12). The number of hydrogen-bond acceptors (Lipinski definition) is 6. The van der Waals surface area contributed by atoms with E-state index in [4.69, 9.17) is 5.14 Å². The van der Waals surface area contributed by atoms with Crippen molar-refractivity contribution >= 4 is 33.6 Å². The number of aliphatic imine (C=N–C) groups is 4. The van der Waals surface area contributed by atoms with E-state index in [-0.39, 0.29) is 5.04 Å². The third kappa shape index (κ3) is 1.29. The number of primary sulfonamides is 1. The van der Waals surface area contributed by atoms with E-state index < -0.39 is 16.1 Å². The molecule has 0 aromatic heterocycles. The predicted octanol–water partition coefficient (Wildman–Crippen LogP) is -1.48. The Kier molecular flexibility index (Phi) is 1.60. The zero-order chi connectivity index (χ0) is 9.47. The maximum atomic E-state index is 11.0. The van der Waals surface area contributed by atoms with Gasteiger partial charge in [0.15, 0.2) is 16.9 Å². The van der Waals surface area contributed by atoms with Crippen molar-refractivity contribution in [1.29, 1.82) is 0 Å². The number of nitrogens with two attached hydrogens (primary N) is 1. The molecule has 2 heterocycles. The van der Waals surface area contributed by atoms with E-state index >= 15 is 0 Å². The summed E-state index contributed by atoms with van der Waals surface area (Å²) in [4.78, 5) is 14.8. The summed E-state index contributed by atoms with van der Waals surface area (Å²) < 4.78 is 22.0. The van der Waals surface area contributed by atoms with E-state index in [2.05, 4.69) is 20.0 Å². The van der Waals surface area contributed by atoms with Crippen molar-refractivity contribution in [2.75, 3.05) is 0 Å². The number of sulfonamides is 1. The fourth-order valence-electron chi connectivity index (χ4n) is 1.02. The lowest BCUT2D eigenvalue weighted by Gasteiger charge is -2.11. The zero-order valence-electron chi connectivity index (χ0n) is 6.32. The van der Waals surface area contributed by atoms with E-state index in [9.17, 15) is 8.42 Å². The number of rotatable bonds is 0. The lowest BCUT2D eigenvalue weighted by molar-refractivity contribution is 0.608. The van der Waals surface area contributed by atoms with E-state index in [1.807, 2.05) is 0 Å². The van der Waals surface area contributed by atoms with Gasteiger partial charge >= 0.3 is 0 Å². The minimum atomic E-state index is -3.82. The third-order valence-corrected chi connectivity index (χ3v) is 2.46. The Hall–Kier alpha value is -1.41. The molecule has 0 fully saturated rings. The van der Waals surface area contributed by atoms with E-state index in [1.165, 1.54) is 6.34 Å². The second-order valence-corrected chi connectivity index (χ2v) is 3.92. The molecule has 0 radical (unpaired) electrons. The summed E-state index contributed by atoms with van der Waals surface area (Å²) in [7, 11) is -3.82. The average Bonchev–Trinajstić information content (AvgIpc) is 2.48. The second-order valence-electron chi connectivity index (χ2n) is 2.41. The van der Waals surface area contributed by atoms with Gasteiger partial charge < -0.3 is 0 Å². The molecular weight excluding hydrogens is 194 g/mol. The van der Waals surface area contributed by atoms with Crippen LogP contribution in [0.25, 0.3) is 0 Å². The van der Waals surface area contributed by atoms with Crippen molar-refractivity contribution in [2.45, 2.75) is 6.04 Å². The van der Waals surface area contributed by atoms with Gasteiger partial charge in [-0.1, -0.05) is 0 Å². The molecule has 0 saturated carbocycles. The lowest BCUT2D eigenvalue weighted by Crippen LogP contribution is -2.38. The largest absolute Gasteiger partial charge is 0.255 e. The molecule has 0 spiro atoms. The molecule has 13 heavy (non-hydrogen) atoms. The van der Waals surface area contributed by atoms with Gasteiger partial charge in [-0.3, -0.25) is 4.99 Å². The molecule has 2 rings (SSSR count). The smallest absolute Gasteiger partial charge is 0.254 e. The summed E-state index contributed by atoms with van der Waals surface area (Å²) in [5.41, 5.74) is 0. The van der Waals surface area contributed by atoms with Crippen LogP contribution in [0.15, 0.2) is 20.0 Å². The molecular formula is C5H5N5O2S. The SMILES string of the molecule is NS(=O)(=O)C1=NC=NC2=NC=NC21. The Labute approximate surface area is 73.9 Å². The quantitative estimate of drug-likeness (QED) is 0.513. The summed E-state index contributed by atoms with van der Waals surface area (Å²) in [5, 5.41) is 4.70. The molecule has 0 aromatic carbocycles. The van der Waals surface area contributed by atoms with Crippen LogP contribution in [0.1, 0.15) is 0 Å². The van der Waals surface area contributed by atoms with Crippen molar-refractivity contribution in [3.05, 3.63) is 0 Å². The van der Waals surface area contributed by atoms with Crippen LogP contribution in [0, 0.1) is 0 Å². The molecule has 1 unspecified atom stereocenters. The normalized spacial score (nSPS) is 25.5. The molecule has 68 valence electrons. The van der Waals surface area contributed by atoms with Gasteiger partial charge in [0.2, 0.25) is 0 Å². The van der Waals surface area contributed by atoms with Crippen molar-refractivity contribution in [3.63, 3.8) is 0 Å². The molecule has 2 aliphatic rings. The van der Waals surface area contributed by atoms with Crippen molar-refractivity contribution in [3.8, 4) is 0 Å². The van der Waals surface area contributed by atoms with Gasteiger partial charge in [0.1, 0.15) is 12.7 Å². The predicted molar refractivity (Wildman–Crippen MR) is 48.7 cm³/mol. The van der Waals surface area contributed by atoms with Gasteiger partial charge in [0.05, 0.1) is 0 Å². The number of fused-ring (bicyclic) bond motifs is 1. The lowest BCUT2D eigenvalue weighted by atomic mass is 10.3. The van der Waals surface area contributed by atoms with Crippen LogP contribution in [0.3, 0.4) is 0 Å². The van der Waals surface area contributed by atoms with Gasteiger partial charge in [-0.05, 0) is 0 Å². The van der Waals surface area contributed by atoms with Crippen LogP contribution in [0.2, 0.25) is 0 Å². The van der Waals surface area contributed by atoms with E-state index in [0.29, 0.717) is 5.84 Å². The number of amidine groups is 1. The highest BCUT2D eigenvalue weighted by atomic mass is 32.2. The highest BCUT2D eigenvalue weighted by Crippen LogP contribution is 2.11. The monoisotopic (exact) mass is 199 g/mol. The molecule has 0 bridgehead atoms. The van der Waals surface area contributed by atoms with Gasteiger partial charge in [-0.25, -0.2) is 28.5 Å². The van der Waals surface area contributed by atoms with Crippen LogP contribution in [-0.4, -0.2) is 38.0 Å². The maximum Gasteiger partial charge on any atom is 0.254 e. The van der Waals surface area contributed by atoms with Crippen LogP contribution >= 0.6 is 0 Å². The zero-order valence-corrected chi connectivity index (χ0v) is 7.14. The Morgan fingerprint density at radius 1 is 1.31 bits per heavy atom. The molecule has 1 atom stereocenters. The van der Waals surface area contributed by atoms with Crippen LogP contribution in [0.4, 0.5) is 0 Å². The first-order valence-corrected chi connectivity index (χ1v) is 4.86. The Balaban J connectivity index is 2.51. The Morgan fingerprint density at radius 2 is 2.08 bits per heavy atom. The van der Waals surface area contributed by atoms with Crippen molar-refractivity contribution in [2.24, 2.45) is 25.1 Å². The molecule has 0 saturated heterocycles. The van der Waals surface area contributed by atoms with Crippen LogP contribution < -0.4 is 5.14 Å². The van der Waals surface area contributed by atoms with Crippen LogP contribution in [0.5, 0.6) is 0 Å². The summed E-state index contributed by atoms with van der Waals surface area (Å²) >= 11 is 0. The average molecular weight is 199 g/mol. The van der Waals surface area contributed by atoms with Crippen molar-refractivity contribution < 1.29 is 8.42 Å². The fraction of sp³-hybridized carbons (Fsp3) is 0.200. The molecule has 2 N–H and O–H groups in total. The van der Waals surface area contributed by atoms with Crippen LogP contribution in [-0.2, 0) is 10.0 Å². The first kappa shape index (κ1) is 8.20. The van der Waals surface area contributed by atoms with Gasteiger partial charge in [-0.2, -0.15) is 0 Å². The molecule has 0 aromatic rings. The van der Waals surface area contributed by atoms with E-state index in [1.54, 1.807) is 0 Å². The molecule has 8 heteroatoms. The summed E-state index contributed by atoms with van der Waals surface area (Å²) in [5.74, 6) is 0.305. The minimum Gasteiger partial charge on any atom is -0.255 e. The third-order valence-electron chi connectivity index (χ3n) is 1.55. The summed E-state index contributed by atoms with van der Waals surface area (Å²) in [6.07, 6.45) is 2.34. The second kappa shape index (κ2) is 2.54. The first-order chi connectivity index (χ1) is 6.09. The molecule has 2 aliphatic heterocycles. The summed E-state index contributed by atoms with van der Waals surface area (Å²) in [6, 6.07) is -0.750. The molecule has 0 amide bonds. The molecule has 7 nitrogen and oxygen atoms in total. The minimum absolute atomic E-state index is 0.213. The summed E-state index contributed by atoms with van der Waals surface area (Å²) in [6.45, 7) is 0. The Morgan fingerprint density at radius 3 is 2.77 bits per heavy atom.